The van der Waals surface area contributed by atoms with Gasteiger partial charge in [-0.1, -0.05) is 6.92 Å². The number of likely N-dealkylation sites (tertiary alicyclic amines) is 1. The van der Waals surface area contributed by atoms with Gasteiger partial charge in [0.25, 0.3) is 0 Å². The number of fused-ring (bicyclic) bond motifs is 2. The van der Waals surface area contributed by atoms with E-state index in [0.29, 0.717) is 24.0 Å². The molecule has 0 amide bonds. The predicted octanol–water partition coefficient (Wildman–Crippen LogP) is 2.56. The minimum absolute atomic E-state index is 0.115. The maximum atomic E-state index is 11.6. The summed E-state index contributed by atoms with van der Waals surface area (Å²) in [6.45, 7) is 7.56. The van der Waals surface area contributed by atoms with E-state index in [9.17, 15) is 5.11 Å². The largest absolute Gasteiger partial charge is 0.392 e. The molecule has 0 aromatic heterocycles. The quantitative estimate of drug-likeness (QED) is 0.762. The van der Waals surface area contributed by atoms with E-state index in [0.717, 1.165) is 37.8 Å². The number of hydrogen-bond acceptors (Lipinski definition) is 5. The predicted molar refractivity (Wildman–Crippen MR) is 109 cm³/mol. The molecule has 7 bridgehead atoms. The summed E-state index contributed by atoms with van der Waals surface area (Å²) in [6.07, 6.45) is 5.94. The zero-order chi connectivity index (χ0) is 20.1. The molecule has 5 saturated carbocycles. The fourth-order valence-corrected chi connectivity index (χ4v) is 10.5. The third-order valence-electron chi connectivity index (χ3n) is 10.8. The highest BCUT2D eigenvalue weighted by Gasteiger charge is 2.82. The minimum atomic E-state index is -0.295. The normalized spacial score (nSPS) is 59.9. The first-order valence-corrected chi connectivity index (χ1v) is 12.2. The van der Waals surface area contributed by atoms with Gasteiger partial charge in [0.1, 0.15) is 0 Å². The zero-order valence-corrected chi connectivity index (χ0v) is 18.5. The van der Waals surface area contributed by atoms with Crippen LogP contribution >= 0.6 is 0 Å². The molecule has 1 spiro atoms. The van der Waals surface area contributed by atoms with Gasteiger partial charge in [0.15, 0.2) is 0 Å². The summed E-state index contributed by atoms with van der Waals surface area (Å²) in [5.41, 5.74) is -0.0411. The lowest BCUT2D eigenvalue weighted by molar-refractivity contribution is -0.271. The van der Waals surface area contributed by atoms with Crippen LogP contribution in [0.5, 0.6) is 0 Å². The average molecular weight is 406 g/mol. The molecule has 0 aromatic carbocycles. The van der Waals surface area contributed by atoms with Crippen molar-refractivity contribution in [3.63, 3.8) is 0 Å². The second-order valence-electron chi connectivity index (χ2n) is 10.9. The third-order valence-corrected chi connectivity index (χ3v) is 10.8. The van der Waals surface area contributed by atoms with E-state index < -0.39 is 0 Å². The Morgan fingerprint density at radius 2 is 1.86 bits per heavy atom. The van der Waals surface area contributed by atoms with Crippen molar-refractivity contribution in [2.75, 3.05) is 33.9 Å². The van der Waals surface area contributed by atoms with Crippen molar-refractivity contribution in [3.8, 4) is 0 Å². The van der Waals surface area contributed by atoms with Gasteiger partial charge >= 0.3 is 0 Å². The highest BCUT2D eigenvalue weighted by atomic mass is 16.5. The fourth-order valence-electron chi connectivity index (χ4n) is 10.5. The number of piperidine rings is 1. The molecule has 6 rings (SSSR count). The monoisotopic (exact) mass is 405 g/mol. The number of ether oxygens (including phenoxy) is 3. The molecule has 1 heterocycles. The van der Waals surface area contributed by atoms with Gasteiger partial charge in [0.05, 0.1) is 23.9 Å². The van der Waals surface area contributed by atoms with Crippen molar-refractivity contribution >= 4 is 0 Å². The lowest BCUT2D eigenvalue weighted by Crippen LogP contribution is -2.74. The molecule has 5 nitrogen and oxygen atoms in total. The Bertz CT molecular complexity index is 673. The van der Waals surface area contributed by atoms with Gasteiger partial charge in [0.2, 0.25) is 0 Å². The van der Waals surface area contributed by atoms with Crippen LogP contribution in [0.2, 0.25) is 0 Å². The molecule has 6 fully saturated rings. The molecule has 1 saturated heterocycles. The topological polar surface area (TPSA) is 51.2 Å². The third kappa shape index (κ3) is 2.02. The van der Waals surface area contributed by atoms with Crippen LogP contribution in [0.3, 0.4) is 0 Å². The Kier molecular flexibility index (Phi) is 4.31. The molecular weight excluding hydrogens is 366 g/mol. The van der Waals surface area contributed by atoms with Crippen LogP contribution in [0, 0.1) is 40.9 Å². The van der Waals surface area contributed by atoms with Gasteiger partial charge in [-0.15, -0.1) is 0 Å². The molecular formula is C24H39NO4. The molecule has 164 valence electrons. The average Bonchev–Trinajstić information content (AvgIpc) is 3.11. The molecule has 1 aliphatic heterocycles. The molecule has 0 unspecified atom stereocenters. The second-order valence-corrected chi connectivity index (χ2v) is 10.9. The van der Waals surface area contributed by atoms with E-state index in [1.54, 1.807) is 0 Å². The van der Waals surface area contributed by atoms with Gasteiger partial charge in [-0.05, 0) is 56.9 Å². The van der Waals surface area contributed by atoms with Crippen LogP contribution in [0.25, 0.3) is 0 Å². The highest BCUT2D eigenvalue weighted by molar-refractivity contribution is 5.31. The second kappa shape index (κ2) is 6.41. The Morgan fingerprint density at radius 1 is 1.03 bits per heavy atom. The lowest BCUT2D eigenvalue weighted by atomic mass is 9.46. The molecule has 0 radical (unpaired) electrons. The summed E-state index contributed by atoms with van der Waals surface area (Å²) in [7, 11) is 3.78. The molecule has 12 atom stereocenters. The fraction of sp³-hybridized carbons (Fsp3) is 1.00. The van der Waals surface area contributed by atoms with Gasteiger partial charge in [-0.25, -0.2) is 0 Å². The summed E-state index contributed by atoms with van der Waals surface area (Å²) < 4.78 is 19.2. The minimum Gasteiger partial charge on any atom is -0.392 e. The van der Waals surface area contributed by atoms with E-state index >= 15 is 0 Å². The van der Waals surface area contributed by atoms with Crippen molar-refractivity contribution < 1.29 is 19.3 Å². The van der Waals surface area contributed by atoms with Crippen molar-refractivity contribution in [2.24, 2.45) is 40.9 Å². The maximum Gasteiger partial charge on any atom is 0.0806 e. The molecule has 5 aliphatic carbocycles. The smallest absolute Gasteiger partial charge is 0.0806 e. The van der Waals surface area contributed by atoms with Crippen LogP contribution < -0.4 is 0 Å². The Labute approximate surface area is 175 Å². The number of hydrogen-bond donors (Lipinski definition) is 1. The summed E-state index contributed by atoms with van der Waals surface area (Å²) in [4.78, 5) is 2.81. The van der Waals surface area contributed by atoms with Gasteiger partial charge in [0, 0.05) is 63.0 Å². The molecule has 29 heavy (non-hydrogen) atoms. The number of nitrogens with zero attached hydrogens (tertiary/aromatic N) is 1. The Hall–Kier alpha value is -0.200. The van der Waals surface area contributed by atoms with Gasteiger partial charge in [-0.2, -0.15) is 0 Å². The van der Waals surface area contributed by atoms with Crippen molar-refractivity contribution in [1.29, 1.82) is 0 Å². The maximum absolute atomic E-state index is 11.6. The summed E-state index contributed by atoms with van der Waals surface area (Å²) in [6, 6.07) is 0.536. The van der Waals surface area contributed by atoms with E-state index in [-0.39, 0.29) is 35.1 Å². The first kappa shape index (κ1) is 19.5. The summed E-state index contributed by atoms with van der Waals surface area (Å²) in [5.74, 6) is 3.00. The standard InChI is InChI=1S/C24H39NO4/c1-5-25-12-13-7-8-19(28-4)24-15(13)10-17(22(24)25)23(29-6-2)11-18(27-3)14-9-16(24)20(23)21(14)26/h13-22,26H,5-12H2,1-4H3/t13-,14+,15+,16+,17-,18-,19-,20+,21-,22+,23-,24-/m0/s1. The van der Waals surface area contributed by atoms with E-state index in [4.69, 9.17) is 14.2 Å². The van der Waals surface area contributed by atoms with Crippen LogP contribution in [0.1, 0.15) is 46.0 Å². The van der Waals surface area contributed by atoms with Crippen LogP contribution in [0.15, 0.2) is 0 Å². The first-order chi connectivity index (χ1) is 14.1. The molecule has 1 N–H and O–H groups in total. The number of rotatable bonds is 5. The van der Waals surface area contributed by atoms with Crippen LogP contribution in [0.4, 0.5) is 0 Å². The zero-order valence-electron chi connectivity index (χ0n) is 18.5. The van der Waals surface area contributed by atoms with Gasteiger partial charge in [-0.3, -0.25) is 4.90 Å². The number of methoxy groups -OCH3 is 2. The highest BCUT2D eigenvalue weighted by Crippen LogP contribution is 2.77. The number of aliphatic hydroxyl groups excluding tert-OH is 1. The van der Waals surface area contributed by atoms with Crippen LogP contribution in [-0.2, 0) is 14.2 Å². The lowest BCUT2D eigenvalue weighted by Gasteiger charge is -2.67. The number of aliphatic hydroxyl groups is 1. The molecule has 6 aliphatic rings. The van der Waals surface area contributed by atoms with Crippen molar-refractivity contribution in [3.05, 3.63) is 0 Å². The van der Waals surface area contributed by atoms with E-state index in [1.807, 2.05) is 14.2 Å². The molecule has 5 heteroatoms. The van der Waals surface area contributed by atoms with Gasteiger partial charge < -0.3 is 19.3 Å². The van der Waals surface area contributed by atoms with E-state index in [2.05, 4.69) is 18.7 Å². The Balaban J connectivity index is 1.58. The van der Waals surface area contributed by atoms with E-state index in [1.165, 1.54) is 25.8 Å². The summed E-state index contributed by atoms with van der Waals surface area (Å²) in [5, 5.41) is 11.6. The SMILES string of the molecule is CCO[C@]12C[C@H](OC)[C@H]3C[C@H]([C@@H]1[C@H]3O)[C@@]13[C@@H](OC)CC[C@H]4CN(CC)[C@@H]1[C@@H]2C[C@H]43. The molecule has 0 aromatic rings. The first-order valence-electron chi connectivity index (χ1n) is 12.2. The summed E-state index contributed by atoms with van der Waals surface area (Å²) >= 11 is 0. The van der Waals surface area contributed by atoms with Crippen LogP contribution in [-0.4, -0.2) is 73.9 Å². The Morgan fingerprint density at radius 3 is 2.55 bits per heavy atom. The van der Waals surface area contributed by atoms with Crippen molar-refractivity contribution in [1.82, 2.24) is 4.90 Å². The van der Waals surface area contributed by atoms with Crippen molar-refractivity contribution in [2.45, 2.75) is 75.9 Å².